The van der Waals surface area contributed by atoms with Gasteiger partial charge in [-0.15, -0.1) is 8.93 Å². The molecule has 0 aliphatic rings. The third-order valence-electron chi connectivity index (χ3n) is 0.158. The van der Waals surface area contributed by atoms with Gasteiger partial charge in [-0.05, 0) is 6.66 Å². The average Bonchev–Trinajstić information content (AvgIpc) is 1.27. The van der Waals surface area contributed by atoms with E-state index in [0.717, 1.165) is 0 Å². The smallest absolute Gasteiger partial charge is 0.0671 e. The Bertz CT molecular complexity index is 39.0. The van der Waals surface area contributed by atoms with Crippen molar-refractivity contribution in [2.75, 3.05) is 6.66 Å². The van der Waals surface area contributed by atoms with Crippen molar-refractivity contribution < 1.29 is 0 Å². The molecule has 0 bridgehead atoms. The second-order valence-electron chi connectivity index (χ2n) is 0.453. The summed E-state index contributed by atoms with van der Waals surface area (Å²) in [4.78, 5) is 0. The van der Waals surface area contributed by atoms with E-state index in [2.05, 4.69) is 8.93 Å². The van der Waals surface area contributed by atoms with Gasteiger partial charge >= 0.3 is 0 Å². The molecule has 0 heterocycles. The predicted octanol–water partition coefficient (Wildman–Crippen LogP) is 2.27. The molecule has 0 aliphatic carbocycles. The Kier molecular flexibility index (Phi) is 4.22. The van der Waals surface area contributed by atoms with Gasteiger partial charge in [-0.25, -0.2) is 0 Å². The third-order valence-corrected chi connectivity index (χ3v) is 7.38. The van der Waals surface area contributed by atoms with Gasteiger partial charge in [-0.3, -0.25) is 0 Å². The van der Waals surface area contributed by atoms with Gasteiger partial charge in [0, 0.05) is 0 Å². The fourth-order valence-electron chi connectivity index (χ4n) is 0.0577. The minimum Gasteiger partial charge on any atom is -0.110 e. The van der Waals surface area contributed by atoms with Crippen molar-refractivity contribution in [3.05, 3.63) is 0 Å². The highest BCUT2D eigenvalue weighted by atomic mass is 32.6. The maximum atomic E-state index is 7.07. The second-order valence-corrected chi connectivity index (χ2v) is 8.20. The zero-order valence-corrected chi connectivity index (χ0v) is 6.92. The van der Waals surface area contributed by atoms with Gasteiger partial charge in [-0.1, -0.05) is 24.1 Å². The molecule has 4 heteroatoms. The molecule has 0 saturated carbocycles. The summed E-state index contributed by atoms with van der Waals surface area (Å²) in [6, 6.07) is 0. The van der Waals surface area contributed by atoms with Crippen LogP contribution in [0.5, 0.6) is 0 Å². The van der Waals surface area contributed by atoms with Gasteiger partial charge in [-0.2, -0.15) is 0 Å². The van der Waals surface area contributed by atoms with Crippen LogP contribution in [0.25, 0.3) is 0 Å². The van der Waals surface area contributed by atoms with Crippen molar-refractivity contribution >= 4 is 33.0 Å². The molecule has 0 nitrogen and oxygen atoms in total. The molecule has 0 amide bonds. The van der Waals surface area contributed by atoms with Gasteiger partial charge in [0.25, 0.3) is 0 Å². The minimum atomic E-state index is -0.604. The van der Waals surface area contributed by atoms with Crippen LogP contribution in [0.3, 0.4) is 0 Å². The third kappa shape index (κ3) is 5.72. The highest BCUT2D eigenvalue weighted by Gasteiger charge is 1.65. The van der Waals surface area contributed by atoms with E-state index in [4.69, 9.17) is 2.56 Å². The SMILES string of the molecule is [2H]P(C)PP([2H])P. The van der Waals surface area contributed by atoms with E-state index in [9.17, 15) is 0 Å². The normalized spacial score (nSPS) is 29.2. The molecule has 0 radical (unpaired) electrons. The monoisotopic (exact) mass is 146 g/mol. The number of rotatable bonds is 2. The van der Waals surface area contributed by atoms with E-state index in [1.165, 1.54) is 0 Å². The number of hydrogen-bond donors (Lipinski definition) is 0. The van der Waals surface area contributed by atoms with Crippen molar-refractivity contribution in [3.8, 4) is 0 Å². The lowest BCUT2D eigenvalue weighted by Gasteiger charge is -1.81. The summed E-state index contributed by atoms with van der Waals surface area (Å²) in [5.41, 5.74) is 0. The van der Waals surface area contributed by atoms with Gasteiger partial charge in [0.1, 0.15) is 0 Å². The fraction of sp³-hybridized carbons (Fsp3) is 1.00. The van der Waals surface area contributed by atoms with Crippen molar-refractivity contribution in [2.24, 2.45) is 0 Å². The topological polar surface area (TPSA) is 0 Å². The van der Waals surface area contributed by atoms with Gasteiger partial charge in [0.2, 0.25) is 0 Å². The zero-order valence-electron chi connectivity index (χ0n) is 4.97. The van der Waals surface area contributed by atoms with Crippen LogP contribution in [0.1, 0.15) is 0 Å². The van der Waals surface area contributed by atoms with Crippen molar-refractivity contribution in [1.29, 1.82) is 2.56 Å². The summed E-state index contributed by atoms with van der Waals surface area (Å²) in [6.45, 7) is 1.89. The van der Waals surface area contributed by atoms with E-state index in [1.54, 1.807) is 0 Å². The molecule has 0 aromatic rings. The quantitative estimate of drug-likeness (QED) is 0.524. The Labute approximate surface area is 43.1 Å². The predicted molar refractivity (Wildman–Crippen MR) is 40.6 cm³/mol. The first-order valence-electron chi connectivity index (χ1n) is 2.05. The summed E-state index contributed by atoms with van der Waals surface area (Å²) < 4.78 is 14.1. The van der Waals surface area contributed by atoms with Crippen LogP contribution in [-0.2, 0) is 0 Å². The lowest BCUT2D eigenvalue weighted by molar-refractivity contribution is 2.51. The van der Waals surface area contributed by atoms with Crippen LogP contribution in [0.2, 0.25) is 0 Å². The molecule has 0 fully saturated rings. The van der Waals surface area contributed by atoms with E-state index in [-0.39, 0.29) is 0 Å². The van der Waals surface area contributed by atoms with E-state index in [0.29, 0.717) is 7.96 Å². The molecule has 4 unspecified atom stereocenters. The van der Waals surface area contributed by atoms with E-state index < -0.39 is 16.1 Å². The molecule has 0 aromatic heterocycles. The molecule has 0 spiro atoms. The van der Waals surface area contributed by atoms with Crippen LogP contribution >= 0.6 is 33.0 Å². The van der Waals surface area contributed by atoms with Gasteiger partial charge in [0.15, 0.2) is 0 Å². The van der Waals surface area contributed by atoms with Crippen molar-refractivity contribution in [3.63, 3.8) is 0 Å². The van der Waals surface area contributed by atoms with Gasteiger partial charge < -0.3 is 0 Å². The lowest BCUT2D eigenvalue weighted by Crippen LogP contribution is -1.08. The fourth-order valence-corrected chi connectivity index (χ4v) is 4.68. The van der Waals surface area contributed by atoms with Crippen LogP contribution in [0.4, 0.5) is 0 Å². The molecule has 0 aliphatic heterocycles. The highest BCUT2D eigenvalue weighted by Crippen LogP contribution is 2.54. The van der Waals surface area contributed by atoms with Crippen LogP contribution in [0.15, 0.2) is 0 Å². The summed E-state index contributed by atoms with van der Waals surface area (Å²) in [7, 11) is 1.87. The van der Waals surface area contributed by atoms with E-state index in [1.807, 2.05) is 6.66 Å². The van der Waals surface area contributed by atoms with Crippen LogP contribution in [0, 0.1) is 0 Å². The molecule has 4 atom stereocenters. The zero-order chi connectivity index (χ0) is 5.86. The standard InChI is InChI=1S/CH8P4/c1-3-5-4-2/h3-5H,2H2,1H3/i3D,4D. The molecular weight excluding hydrogens is 136 g/mol. The minimum absolute atomic E-state index is 0.542. The summed E-state index contributed by atoms with van der Waals surface area (Å²) in [6.07, 6.45) is 0. The van der Waals surface area contributed by atoms with Crippen molar-refractivity contribution in [2.45, 2.75) is 0 Å². The number of hydrogen-bond acceptors (Lipinski definition) is 0. The first-order valence-corrected chi connectivity index (χ1v) is 7.69. The maximum absolute atomic E-state index is 7.07. The van der Waals surface area contributed by atoms with Crippen molar-refractivity contribution in [1.82, 2.24) is 0 Å². The first-order chi connectivity index (χ1) is 3.13. The molecule has 5 heavy (non-hydrogen) atoms. The molecule has 0 N–H and O–H groups in total. The average molecular weight is 146 g/mol. The first kappa shape index (κ1) is 3.69. The lowest BCUT2D eigenvalue weighted by atomic mass is 12.0. The molecular formula is CH8P4. The largest absolute Gasteiger partial charge is 0.110 e. The Hall–Kier alpha value is 1.72. The second kappa shape index (κ2) is 5.72. The summed E-state index contributed by atoms with van der Waals surface area (Å²) >= 11 is 0. The van der Waals surface area contributed by atoms with Crippen LogP contribution < -0.4 is 0 Å². The summed E-state index contributed by atoms with van der Waals surface area (Å²) in [5.74, 6) is 0. The molecule has 0 rings (SSSR count). The van der Waals surface area contributed by atoms with E-state index >= 15 is 0 Å². The van der Waals surface area contributed by atoms with Crippen LogP contribution in [-0.4, -0.2) is 9.22 Å². The maximum Gasteiger partial charge on any atom is 0.0671 e. The molecule has 32 valence electrons. The summed E-state index contributed by atoms with van der Waals surface area (Å²) in [5, 5.41) is 0. The Balaban J connectivity index is 2.95. The Morgan fingerprint density at radius 1 is 2.00 bits per heavy atom. The highest BCUT2D eigenvalue weighted by molar-refractivity contribution is 8.57. The Morgan fingerprint density at radius 2 is 2.60 bits per heavy atom. The Morgan fingerprint density at radius 3 is 2.60 bits per heavy atom. The van der Waals surface area contributed by atoms with Gasteiger partial charge in [0.05, 0.1) is 2.56 Å². The molecule has 0 aromatic carbocycles. The molecule has 0 saturated heterocycles.